The van der Waals surface area contributed by atoms with Crippen LogP contribution in [-0.2, 0) is 6.54 Å². The van der Waals surface area contributed by atoms with Crippen molar-refractivity contribution in [3.8, 4) is 11.9 Å². The number of ketones is 2. The highest BCUT2D eigenvalue weighted by atomic mass is 16.3. The van der Waals surface area contributed by atoms with Gasteiger partial charge in [-0.05, 0) is 19.4 Å². The number of pyridine rings is 1. The number of nitrogens with zero attached hydrogens (tertiary/aromatic N) is 4. The zero-order chi connectivity index (χ0) is 25.1. The summed E-state index contributed by atoms with van der Waals surface area (Å²) in [5.41, 5.74) is 0.586. The average Bonchev–Trinajstić information content (AvgIpc) is 2.87. The predicted molar refractivity (Wildman–Crippen MR) is 130 cm³/mol. The van der Waals surface area contributed by atoms with E-state index in [9.17, 15) is 24.8 Å². The van der Waals surface area contributed by atoms with Crippen LogP contribution in [0.3, 0.4) is 0 Å². The van der Waals surface area contributed by atoms with Gasteiger partial charge in [-0.1, -0.05) is 62.6 Å². The molecule has 0 saturated carbocycles. The number of unbranched alkanes of at least 4 members (excludes halogenated alkanes) is 3. The van der Waals surface area contributed by atoms with E-state index in [1.807, 2.05) is 6.07 Å². The van der Waals surface area contributed by atoms with Crippen LogP contribution in [0.1, 0.15) is 75.6 Å². The van der Waals surface area contributed by atoms with E-state index in [1.165, 1.54) is 6.92 Å². The van der Waals surface area contributed by atoms with Crippen molar-refractivity contribution >= 4 is 22.9 Å². The molecule has 0 radical (unpaired) electrons. The number of benzene rings is 2. The molecule has 2 aromatic carbocycles. The highest BCUT2D eigenvalue weighted by Gasteiger charge is 2.31. The summed E-state index contributed by atoms with van der Waals surface area (Å²) < 4.78 is 1.14. The van der Waals surface area contributed by atoms with Gasteiger partial charge in [0.15, 0.2) is 17.3 Å². The number of carbonyl (C=O) groups is 2. The first kappa shape index (κ1) is 23.8. The van der Waals surface area contributed by atoms with Gasteiger partial charge in [0.25, 0.3) is 5.56 Å². The molecule has 0 spiro atoms. The second-order valence-corrected chi connectivity index (χ2v) is 8.40. The number of aromatic hydroxyl groups is 1. The van der Waals surface area contributed by atoms with Gasteiger partial charge in [-0.2, -0.15) is 5.26 Å². The Morgan fingerprint density at radius 1 is 0.914 bits per heavy atom. The minimum absolute atomic E-state index is 0.0516. The molecule has 176 valence electrons. The van der Waals surface area contributed by atoms with Crippen molar-refractivity contribution in [3.05, 3.63) is 86.2 Å². The van der Waals surface area contributed by atoms with E-state index in [4.69, 9.17) is 0 Å². The van der Waals surface area contributed by atoms with Gasteiger partial charge < -0.3 is 5.11 Å². The Bertz CT molecular complexity index is 1480. The molecular formula is C27H24N4O4. The van der Waals surface area contributed by atoms with E-state index in [-0.39, 0.29) is 63.2 Å². The second kappa shape index (κ2) is 9.85. The fourth-order valence-corrected chi connectivity index (χ4v) is 4.28. The molecule has 1 aliphatic rings. The fraction of sp³-hybridized carbons (Fsp3) is 0.259. The van der Waals surface area contributed by atoms with Gasteiger partial charge >= 0.3 is 0 Å². The Labute approximate surface area is 202 Å². The standard InChI is InChI=1S/C27H24N4O4/c1-3-4-5-8-14-31-26(34)20(15-28)16(2)23(27(31)35)30-29-21-13-9-12-19-22(21)25(33)18-11-7-6-10-17(18)24(19)32/h6-7,9-13,34H,3-5,8,14H2,1-2H3. The number of hydrogen-bond donors (Lipinski definition) is 1. The van der Waals surface area contributed by atoms with Crippen molar-refractivity contribution in [2.45, 2.75) is 46.1 Å². The third kappa shape index (κ3) is 4.17. The van der Waals surface area contributed by atoms with E-state index in [2.05, 4.69) is 17.2 Å². The molecule has 0 bridgehead atoms. The number of hydrogen-bond acceptors (Lipinski definition) is 7. The maximum Gasteiger partial charge on any atom is 0.281 e. The van der Waals surface area contributed by atoms with Crippen LogP contribution in [0, 0.1) is 18.3 Å². The number of aromatic nitrogens is 1. The van der Waals surface area contributed by atoms with Crippen molar-refractivity contribution in [2.24, 2.45) is 10.2 Å². The minimum atomic E-state index is -0.572. The Kier molecular flexibility index (Phi) is 6.69. The van der Waals surface area contributed by atoms with Crippen molar-refractivity contribution in [3.63, 3.8) is 0 Å². The highest BCUT2D eigenvalue weighted by Crippen LogP contribution is 2.34. The zero-order valence-corrected chi connectivity index (χ0v) is 19.5. The van der Waals surface area contributed by atoms with Crippen molar-refractivity contribution in [1.29, 1.82) is 5.26 Å². The topological polar surface area (TPSA) is 125 Å². The first-order valence-electron chi connectivity index (χ1n) is 11.5. The molecule has 0 amide bonds. The zero-order valence-electron chi connectivity index (χ0n) is 19.5. The van der Waals surface area contributed by atoms with Gasteiger partial charge in [0, 0.05) is 28.8 Å². The summed E-state index contributed by atoms with van der Waals surface area (Å²) in [5, 5.41) is 28.4. The van der Waals surface area contributed by atoms with E-state index < -0.39 is 5.56 Å². The number of fused-ring (bicyclic) bond motifs is 2. The summed E-state index contributed by atoms with van der Waals surface area (Å²) in [4.78, 5) is 39.3. The van der Waals surface area contributed by atoms with Gasteiger partial charge in [-0.25, -0.2) is 0 Å². The Balaban J connectivity index is 1.79. The molecule has 1 N–H and O–H groups in total. The lowest BCUT2D eigenvalue weighted by molar-refractivity contribution is 0.0979. The predicted octanol–water partition coefficient (Wildman–Crippen LogP) is 5.51. The third-order valence-corrected chi connectivity index (χ3v) is 6.19. The van der Waals surface area contributed by atoms with Crippen LogP contribution in [0.25, 0.3) is 0 Å². The molecule has 0 fully saturated rings. The lowest BCUT2D eigenvalue weighted by Gasteiger charge is -2.18. The van der Waals surface area contributed by atoms with Gasteiger partial charge in [-0.15, -0.1) is 10.2 Å². The first-order chi connectivity index (χ1) is 16.9. The lowest BCUT2D eigenvalue weighted by atomic mass is 9.83. The van der Waals surface area contributed by atoms with E-state index in [1.54, 1.807) is 42.5 Å². The summed E-state index contributed by atoms with van der Waals surface area (Å²) in [5.74, 6) is -1.02. The molecular weight excluding hydrogens is 444 g/mol. The third-order valence-electron chi connectivity index (χ3n) is 6.19. The smallest absolute Gasteiger partial charge is 0.281 e. The average molecular weight is 469 g/mol. The van der Waals surface area contributed by atoms with E-state index in [0.717, 1.165) is 23.8 Å². The van der Waals surface area contributed by atoms with E-state index >= 15 is 0 Å². The quantitative estimate of drug-likeness (QED) is 0.283. The van der Waals surface area contributed by atoms with Crippen LogP contribution < -0.4 is 5.56 Å². The highest BCUT2D eigenvalue weighted by molar-refractivity contribution is 6.29. The molecule has 35 heavy (non-hydrogen) atoms. The molecule has 0 saturated heterocycles. The number of nitriles is 1. The number of carbonyl (C=O) groups excluding carboxylic acids is 2. The second-order valence-electron chi connectivity index (χ2n) is 8.40. The molecule has 8 nitrogen and oxygen atoms in total. The van der Waals surface area contributed by atoms with Crippen LogP contribution in [-0.4, -0.2) is 21.2 Å². The molecule has 0 unspecified atom stereocenters. The van der Waals surface area contributed by atoms with Crippen LogP contribution in [0.4, 0.5) is 11.4 Å². The first-order valence-corrected chi connectivity index (χ1v) is 11.5. The summed E-state index contributed by atoms with van der Waals surface area (Å²) in [6, 6.07) is 13.2. The van der Waals surface area contributed by atoms with Crippen LogP contribution in [0.15, 0.2) is 57.5 Å². The van der Waals surface area contributed by atoms with Gasteiger partial charge in [0.05, 0.1) is 11.3 Å². The summed E-state index contributed by atoms with van der Waals surface area (Å²) in [6.45, 7) is 3.83. The monoisotopic (exact) mass is 468 g/mol. The fourth-order valence-electron chi connectivity index (χ4n) is 4.28. The van der Waals surface area contributed by atoms with Crippen molar-refractivity contribution in [1.82, 2.24) is 4.57 Å². The number of rotatable bonds is 7. The number of azo groups is 1. The lowest BCUT2D eigenvalue weighted by Crippen LogP contribution is -2.22. The molecule has 3 aromatic rings. The summed E-state index contributed by atoms with van der Waals surface area (Å²) in [6.07, 6.45) is 3.55. The van der Waals surface area contributed by atoms with Gasteiger partial charge in [0.2, 0.25) is 5.88 Å². The molecule has 1 heterocycles. The molecule has 4 rings (SSSR count). The normalized spacial score (nSPS) is 12.5. The molecule has 8 heteroatoms. The molecule has 1 aromatic heterocycles. The van der Waals surface area contributed by atoms with E-state index in [0.29, 0.717) is 12.0 Å². The SMILES string of the molecule is CCCCCCn1c(O)c(C#N)c(C)c(N=Nc2cccc3c2C(=O)c2ccccc2C3=O)c1=O. The Morgan fingerprint density at radius 2 is 1.60 bits per heavy atom. The van der Waals surface area contributed by atoms with Crippen LogP contribution in [0.2, 0.25) is 0 Å². The van der Waals surface area contributed by atoms with Crippen LogP contribution >= 0.6 is 0 Å². The summed E-state index contributed by atoms with van der Waals surface area (Å²) in [7, 11) is 0. The minimum Gasteiger partial charge on any atom is -0.493 e. The largest absolute Gasteiger partial charge is 0.493 e. The summed E-state index contributed by atoms with van der Waals surface area (Å²) >= 11 is 0. The molecule has 1 aliphatic carbocycles. The van der Waals surface area contributed by atoms with Crippen molar-refractivity contribution in [2.75, 3.05) is 0 Å². The van der Waals surface area contributed by atoms with Crippen LogP contribution in [0.5, 0.6) is 5.88 Å². The maximum atomic E-state index is 13.2. The molecule has 0 atom stereocenters. The Morgan fingerprint density at radius 3 is 2.29 bits per heavy atom. The van der Waals surface area contributed by atoms with Gasteiger partial charge in [-0.3, -0.25) is 19.0 Å². The molecule has 0 aliphatic heterocycles. The van der Waals surface area contributed by atoms with Crippen molar-refractivity contribution < 1.29 is 14.7 Å². The Hall–Kier alpha value is -4.38. The maximum absolute atomic E-state index is 13.2. The van der Waals surface area contributed by atoms with Gasteiger partial charge in [0.1, 0.15) is 11.6 Å².